The topological polar surface area (TPSA) is 41.1 Å². The van der Waals surface area contributed by atoms with Gasteiger partial charge in [-0.15, -0.1) is 0 Å². The quantitative estimate of drug-likeness (QED) is 0.886. The summed E-state index contributed by atoms with van der Waals surface area (Å²) >= 11 is 0. The van der Waals surface area contributed by atoms with Gasteiger partial charge in [-0.1, -0.05) is 45.0 Å². The lowest BCUT2D eigenvalue weighted by molar-refractivity contribution is -0.131. The third kappa shape index (κ3) is 3.60. The highest BCUT2D eigenvalue weighted by Crippen LogP contribution is 2.28. The highest BCUT2D eigenvalue weighted by molar-refractivity contribution is 5.82. The van der Waals surface area contributed by atoms with Gasteiger partial charge >= 0.3 is 0 Å². The van der Waals surface area contributed by atoms with Crippen LogP contribution in [0.15, 0.2) is 24.3 Å². The van der Waals surface area contributed by atoms with E-state index in [2.05, 4.69) is 55.7 Å². The number of hydrogen-bond acceptors (Lipinski definition) is 2. The molecule has 1 saturated heterocycles. The number of carbonyl (C=O) groups is 1. The smallest absolute Gasteiger partial charge is 0.226 e. The second-order valence-electron chi connectivity index (χ2n) is 6.39. The summed E-state index contributed by atoms with van der Waals surface area (Å²) in [5.74, 6) is 0.735. The van der Waals surface area contributed by atoms with E-state index in [1.807, 2.05) is 0 Å². The molecule has 1 aromatic rings. The van der Waals surface area contributed by atoms with Crippen LogP contribution in [0.2, 0.25) is 0 Å². The zero-order valence-corrected chi connectivity index (χ0v) is 12.8. The molecule has 0 unspecified atom stereocenters. The Hall–Kier alpha value is -1.35. The van der Waals surface area contributed by atoms with Gasteiger partial charge in [-0.25, -0.2) is 0 Å². The Morgan fingerprint density at radius 1 is 1.25 bits per heavy atom. The molecule has 1 aliphatic rings. The van der Waals surface area contributed by atoms with Crippen LogP contribution in [0.1, 0.15) is 50.7 Å². The molecule has 110 valence electrons. The molecule has 0 aliphatic carbocycles. The Morgan fingerprint density at radius 2 is 1.85 bits per heavy atom. The number of benzene rings is 1. The molecule has 1 aromatic carbocycles. The van der Waals surface area contributed by atoms with Crippen LogP contribution < -0.4 is 10.6 Å². The van der Waals surface area contributed by atoms with Crippen LogP contribution in [0.4, 0.5) is 0 Å². The van der Waals surface area contributed by atoms with Crippen LogP contribution in [0.3, 0.4) is 0 Å². The lowest BCUT2D eigenvalue weighted by Crippen LogP contribution is -2.45. The minimum atomic E-state index is -0.205. The van der Waals surface area contributed by atoms with E-state index in [0.717, 1.165) is 25.9 Å². The highest BCUT2D eigenvalue weighted by Gasteiger charge is 2.34. The van der Waals surface area contributed by atoms with E-state index < -0.39 is 0 Å². The van der Waals surface area contributed by atoms with Crippen LogP contribution in [0.5, 0.6) is 0 Å². The average Bonchev–Trinajstić information content (AvgIpc) is 2.46. The van der Waals surface area contributed by atoms with E-state index in [1.165, 1.54) is 11.1 Å². The summed E-state index contributed by atoms with van der Waals surface area (Å²) in [4.78, 5) is 12.3. The summed E-state index contributed by atoms with van der Waals surface area (Å²) in [6, 6.07) is 8.53. The normalized spacial score (nSPS) is 18.0. The van der Waals surface area contributed by atoms with E-state index in [0.29, 0.717) is 12.5 Å². The van der Waals surface area contributed by atoms with Crippen LogP contribution in [-0.2, 0) is 11.3 Å². The molecule has 0 saturated carbocycles. The molecule has 2 rings (SSSR count). The Kier molecular flexibility index (Phi) is 4.81. The molecule has 0 atom stereocenters. The zero-order valence-electron chi connectivity index (χ0n) is 12.8. The lowest BCUT2D eigenvalue weighted by Gasteiger charge is -2.32. The predicted octanol–water partition coefficient (Wildman–Crippen LogP) is 2.82. The van der Waals surface area contributed by atoms with Gasteiger partial charge in [-0.3, -0.25) is 4.79 Å². The molecule has 20 heavy (non-hydrogen) atoms. The summed E-state index contributed by atoms with van der Waals surface area (Å²) in [6.45, 7) is 8.95. The van der Waals surface area contributed by atoms with Gasteiger partial charge in [0.15, 0.2) is 0 Å². The molecule has 1 heterocycles. The van der Waals surface area contributed by atoms with Crippen molar-refractivity contribution in [3.63, 3.8) is 0 Å². The van der Waals surface area contributed by atoms with Crippen molar-refractivity contribution in [2.24, 2.45) is 5.41 Å². The van der Waals surface area contributed by atoms with E-state index in [1.54, 1.807) is 0 Å². The fourth-order valence-electron chi connectivity index (χ4n) is 2.62. The van der Waals surface area contributed by atoms with Crippen molar-refractivity contribution < 1.29 is 4.79 Å². The van der Waals surface area contributed by atoms with Crippen molar-refractivity contribution in [2.45, 2.75) is 46.1 Å². The molecule has 1 amide bonds. The van der Waals surface area contributed by atoms with Crippen molar-refractivity contribution >= 4 is 5.91 Å². The molecular formula is C17H26N2O. The Labute approximate surface area is 122 Å². The monoisotopic (exact) mass is 274 g/mol. The summed E-state index contributed by atoms with van der Waals surface area (Å²) < 4.78 is 0. The predicted molar refractivity (Wildman–Crippen MR) is 82.6 cm³/mol. The van der Waals surface area contributed by atoms with Gasteiger partial charge in [0.2, 0.25) is 5.91 Å². The number of piperidine rings is 1. The van der Waals surface area contributed by atoms with Gasteiger partial charge in [0.1, 0.15) is 0 Å². The van der Waals surface area contributed by atoms with Crippen LogP contribution in [-0.4, -0.2) is 19.0 Å². The Balaban J connectivity index is 1.89. The second kappa shape index (κ2) is 6.40. The first-order valence-corrected chi connectivity index (χ1v) is 7.59. The van der Waals surface area contributed by atoms with Crippen LogP contribution in [0.25, 0.3) is 0 Å². The van der Waals surface area contributed by atoms with Crippen molar-refractivity contribution in [3.8, 4) is 0 Å². The molecule has 0 aromatic heterocycles. The summed E-state index contributed by atoms with van der Waals surface area (Å²) in [5.41, 5.74) is 2.30. The first-order valence-electron chi connectivity index (χ1n) is 7.59. The van der Waals surface area contributed by atoms with Crippen molar-refractivity contribution in [2.75, 3.05) is 13.1 Å². The summed E-state index contributed by atoms with van der Waals surface area (Å²) in [6.07, 6.45) is 1.84. The van der Waals surface area contributed by atoms with E-state index in [4.69, 9.17) is 0 Å². The molecule has 3 nitrogen and oxygen atoms in total. The molecule has 0 radical (unpaired) electrons. The fourth-order valence-corrected chi connectivity index (χ4v) is 2.62. The molecule has 2 N–H and O–H groups in total. The van der Waals surface area contributed by atoms with Gasteiger partial charge < -0.3 is 10.6 Å². The third-order valence-corrected chi connectivity index (χ3v) is 4.35. The molecule has 0 spiro atoms. The van der Waals surface area contributed by atoms with E-state index in [-0.39, 0.29) is 11.3 Å². The number of rotatable bonds is 4. The molecule has 0 bridgehead atoms. The summed E-state index contributed by atoms with van der Waals surface area (Å²) in [5, 5.41) is 6.40. The molecular weight excluding hydrogens is 248 g/mol. The number of nitrogens with one attached hydrogen (secondary N) is 2. The largest absolute Gasteiger partial charge is 0.352 e. The second-order valence-corrected chi connectivity index (χ2v) is 6.39. The number of amides is 1. The zero-order chi connectivity index (χ0) is 14.6. The minimum absolute atomic E-state index is 0.187. The van der Waals surface area contributed by atoms with Gasteiger partial charge in [0, 0.05) is 12.0 Å². The molecule has 3 heteroatoms. The molecule has 1 fully saturated rings. The maximum Gasteiger partial charge on any atom is 0.226 e. The Bertz CT molecular complexity index is 445. The minimum Gasteiger partial charge on any atom is -0.352 e. The SMILES string of the molecule is CC(C)c1ccc(CNC(=O)C2(C)CCNCC2)cc1. The highest BCUT2D eigenvalue weighted by atomic mass is 16.2. The maximum atomic E-state index is 12.3. The van der Waals surface area contributed by atoms with E-state index >= 15 is 0 Å². The lowest BCUT2D eigenvalue weighted by atomic mass is 9.80. The van der Waals surface area contributed by atoms with Crippen molar-refractivity contribution in [3.05, 3.63) is 35.4 Å². The van der Waals surface area contributed by atoms with E-state index in [9.17, 15) is 4.79 Å². The van der Waals surface area contributed by atoms with Gasteiger partial charge in [0.05, 0.1) is 0 Å². The van der Waals surface area contributed by atoms with Gasteiger partial charge in [-0.2, -0.15) is 0 Å². The first-order chi connectivity index (χ1) is 9.51. The average molecular weight is 274 g/mol. The van der Waals surface area contributed by atoms with Crippen molar-refractivity contribution in [1.29, 1.82) is 0 Å². The van der Waals surface area contributed by atoms with Gasteiger partial charge in [0.25, 0.3) is 0 Å². The van der Waals surface area contributed by atoms with Crippen LogP contribution in [0, 0.1) is 5.41 Å². The Morgan fingerprint density at radius 3 is 2.40 bits per heavy atom. The standard InChI is InChI=1S/C17H26N2O/c1-13(2)15-6-4-14(5-7-15)12-19-16(20)17(3)8-10-18-11-9-17/h4-7,13,18H,8-12H2,1-3H3,(H,19,20). The van der Waals surface area contributed by atoms with Gasteiger partial charge in [-0.05, 0) is 43.0 Å². The first kappa shape index (κ1) is 15.0. The van der Waals surface area contributed by atoms with Crippen molar-refractivity contribution in [1.82, 2.24) is 10.6 Å². The number of carbonyl (C=O) groups excluding carboxylic acids is 1. The summed E-state index contributed by atoms with van der Waals surface area (Å²) in [7, 11) is 0. The molecule has 1 aliphatic heterocycles. The number of hydrogen-bond donors (Lipinski definition) is 2. The fraction of sp³-hybridized carbons (Fsp3) is 0.588. The maximum absolute atomic E-state index is 12.3. The van der Waals surface area contributed by atoms with Crippen LogP contribution >= 0.6 is 0 Å². The third-order valence-electron chi connectivity index (χ3n) is 4.35.